The summed E-state index contributed by atoms with van der Waals surface area (Å²) in [4.78, 5) is 27.8. The van der Waals surface area contributed by atoms with Crippen LogP contribution in [-0.2, 0) is 32.3 Å². The Morgan fingerprint density at radius 3 is 2.13 bits per heavy atom. The third kappa shape index (κ3) is 4.25. The Bertz CT molecular complexity index is 1090. The van der Waals surface area contributed by atoms with Crippen molar-refractivity contribution >= 4 is 36.9 Å². The summed E-state index contributed by atoms with van der Waals surface area (Å²) < 4.78 is 33.0. The second kappa shape index (κ2) is 8.63. The zero-order valence-electron chi connectivity index (χ0n) is 26.0. The fourth-order valence-corrected chi connectivity index (χ4v) is 13.4. The lowest BCUT2D eigenvalue weighted by Crippen LogP contribution is -2.54. The van der Waals surface area contributed by atoms with Crippen molar-refractivity contribution in [1.29, 1.82) is 0 Å². The van der Waals surface area contributed by atoms with Gasteiger partial charge >= 0.3 is 11.9 Å². The summed E-state index contributed by atoms with van der Waals surface area (Å²) in [5, 5.41) is 0. The van der Waals surface area contributed by atoms with Crippen molar-refractivity contribution in [1.82, 2.24) is 0 Å². The number of hydrogen-bond donors (Lipinski definition) is 0. The van der Waals surface area contributed by atoms with Gasteiger partial charge in [-0.15, -0.1) is 0 Å². The fraction of sp³-hybridized carbons (Fsp3) is 0.862. The minimum Gasteiger partial charge on any atom is -0.469 e. The van der Waals surface area contributed by atoms with Crippen LogP contribution in [0.25, 0.3) is 0 Å². The molecule has 0 radical (unpaired) electrons. The molecule has 10 heteroatoms. The Morgan fingerprint density at radius 1 is 0.974 bits per heavy atom. The van der Waals surface area contributed by atoms with Gasteiger partial charge in [0.05, 0.1) is 30.1 Å². The van der Waals surface area contributed by atoms with Crippen LogP contribution in [-0.4, -0.2) is 67.4 Å². The Labute approximate surface area is 238 Å². The van der Waals surface area contributed by atoms with E-state index in [0.29, 0.717) is 19.3 Å². The van der Waals surface area contributed by atoms with E-state index in [1.165, 1.54) is 7.11 Å². The van der Waals surface area contributed by atoms with Gasteiger partial charge in [0, 0.05) is 29.8 Å². The molecule has 4 bridgehead atoms. The number of carbonyl (C=O) groups excluding carboxylic acids is 2. The molecule has 5 aliphatic rings. The average molecular weight is 595 g/mol. The third-order valence-corrected chi connectivity index (χ3v) is 13.1. The summed E-state index contributed by atoms with van der Waals surface area (Å²) in [6.45, 7) is 26.5. The zero-order valence-corrected chi connectivity index (χ0v) is 29.0. The molecule has 1 aliphatic heterocycles. The van der Waals surface area contributed by atoms with E-state index in [0.717, 1.165) is 18.4 Å². The van der Waals surface area contributed by atoms with Crippen LogP contribution in [0.4, 0.5) is 0 Å². The summed E-state index contributed by atoms with van der Waals surface area (Å²) in [6, 6.07) is 0. The minimum absolute atomic E-state index is 0.0585. The van der Waals surface area contributed by atoms with Crippen LogP contribution in [0.15, 0.2) is 12.2 Å². The van der Waals surface area contributed by atoms with Crippen molar-refractivity contribution in [3.05, 3.63) is 12.2 Å². The molecule has 5 rings (SSSR count). The summed E-state index contributed by atoms with van der Waals surface area (Å²) in [7, 11) is -4.49. The first-order valence-corrected chi connectivity index (χ1v) is 24.9. The summed E-state index contributed by atoms with van der Waals surface area (Å²) in [5.41, 5.74) is -1.79. The van der Waals surface area contributed by atoms with E-state index in [1.54, 1.807) is 0 Å². The van der Waals surface area contributed by atoms with E-state index >= 15 is 0 Å². The van der Waals surface area contributed by atoms with Gasteiger partial charge in [0.2, 0.25) is 0 Å². The highest BCUT2D eigenvalue weighted by Crippen LogP contribution is 2.79. The first kappa shape index (κ1) is 29.7. The Morgan fingerprint density at radius 2 is 1.59 bits per heavy atom. The molecule has 0 aromatic carbocycles. The third-order valence-electron chi connectivity index (χ3n) is 10.1. The molecule has 39 heavy (non-hydrogen) atoms. The normalized spacial score (nSPS) is 45.2. The molecule has 1 saturated heterocycles. The van der Waals surface area contributed by atoms with Gasteiger partial charge in [-0.1, -0.05) is 6.58 Å². The number of rotatable bonds is 7. The first-order chi connectivity index (χ1) is 17.6. The Balaban J connectivity index is 1.73. The van der Waals surface area contributed by atoms with E-state index in [2.05, 4.69) is 65.5 Å². The predicted octanol–water partition coefficient (Wildman–Crippen LogP) is 5.89. The van der Waals surface area contributed by atoms with Gasteiger partial charge in [0.15, 0.2) is 25.0 Å². The molecule has 5 fully saturated rings. The average Bonchev–Trinajstić information content (AvgIpc) is 3.14. The number of ether oxygens (including phenoxy) is 2. The van der Waals surface area contributed by atoms with Crippen LogP contribution in [0.1, 0.15) is 39.0 Å². The maximum atomic E-state index is 14.1. The molecule has 1 spiro atoms. The van der Waals surface area contributed by atoms with Gasteiger partial charge in [0.1, 0.15) is 5.60 Å². The van der Waals surface area contributed by atoms with Crippen LogP contribution in [0.3, 0.4) is 0 Å². The lowest BCUT2D eigenvalue weighted by molar-refractivity contribution is -0.167. The van der Waals surface area contributed by atoms with Crippen LogP contribution >= 0.6 is 0 Å². The monoisotopic (exact) mass is 594 g/mol. The summed E-state index contributed by atoms with van der Waals surface area (Å²) >= 11 is 0. The quantitative estimate of drug-likeness (QED) is 0.207. The largest absolute Gasteiger partial charge is 0.469 e. The Kier molecular flexibility index (Phi) is 6.57. The molecule has 7 nitrogen and oxygen atoms in total. The molecule has 4 aliphatic carbocycles. The molecular formula is C29H50O7Si3. The lowest BCUT2D eigenvalue weighted by atomic mass is 9.59. The maximum absolute atomic E-state index is 14.1. The zero-order chi connectivity index (χ0) is 29.2. The number of hydrogen-bond acceptors (Lipinski definition) is 7. The van der Waals surface area contributed by atoms with E-state index in [9.17, 15) is 9.59 Å². The number of methoxy groups -OCH3 is 1. The van der Waals surface area contributed by atoms with Crippen molar-refractivity contribution < 1.29 is 32.3 Å². The highest BCUT2D eigenvalue weighted by atomic mass is 28.4. The van der Waals surface area contributed by atoms with Crippen molar-refractivity contribution in [2.75, 3.05) is 7.11 Å². The topological polar surface area (TPSA) is 80.3 Å². The van der Waals surface area contributed by atoms with E-state index in [-0.39, 0.29) is 36.0 Å². The Hall–Kier alpha value is -0.789. The molecular weight excluding hydrogens is 545 g/mol. The summed E-state index contributed by atoms with van der Waals surface area (Å²) in [5.74, 6) is -1.34. The smallest absolute Gasteiger partial charge is 0.312 e. The first-order valence-electron chi connectivity index (χ1n) is 14.7. The van der Waals surface area contributed by atoms with E-state index in [4.69, 9.17) is 22.8 Å². The molecule has 9 atom stereocenters. The van der Waals surface area contributed by atoms with Gasteiger partial charge in [-0.3, -0.25) is 9.59 Å². The lowest BCUT2D eigenvalue weighted by Gasteiger charge is -2.49. The van der Waals surface area contributed by atoms with Gasteiger partial charge in [0.25, 0.3) is 0 Å². The standard InChI is InChI=1S/C29H50O7Si3/c1-18-23(35-38(7,8)9)28-17-27(18,36-39(10,11)12)14-13-20(28)29-16-19(34-37(4,5)6)15-26(2,25(31)33-29)22(29)21(28)24(30)32-3/h19-23H,1,13-17H2,2-12H3/t19-,20?,21-,22?,23-,26?,27+,28-,29-/m1/s1. The van der Waals surface area contributed by atoms with E-state index < -0.39 is 52.9 Å². The van der Waals surface area contributed by atoms with E-state index in [1.807, 2.05) is 6.92 Å². The molecule has 4 saturated carbocycles. The second-order valence-electron chi connectivity index (χ2n) is 16.2. The predicted molar refractivity (Wildman–Crippen MR) is 158 cm³/mol. The van der Waals surface area contributed by atoms with Crippen molar-refractivity contribution in [2.45, 2.75) is 121 Å². The van der Waals surface area contributed by atoms with Gasteiger partial charge in [-0.25, -0.2) is 0 Å². The molecule has 0 aromatic rings. The van der Waals surface area contributed by atoms with Gasteiger partial charge < -0.3 is 22.8 Å². The summed E-state index contributed by atoms with van der Waals surface area (Å²) in [6.07, 6.45) is 3.01. The highest BCUT2D eigenvalue weighted by Gasteiger charge is 2.86. The molecule has 0 amide bonds. The van der Waals surface area contributed by atoms with Crippen molar-refractivity contribution in [3.63, 3.8) is 0 Å². The maximum Gasteiger partial charge on any atom is 0.312 e. The van der Waals surface area contributed by atoms with Gasteiger partial charge in [-0.05, 0) is 97.1 Å². The number of fused-ring (bicyclic) bond motifs is 1. The van der Waals surface area contributed by atoms with Crippen molar-refractivity contribution in [3.8, 4) is 0 Å². The molecule has 1 heterocycles. The molecule has 220 valence electrons. The molecule has 0 N–H and O–H groups in total. The van der Waals surface area contributed by atoms with Gasteiger partial charge in [-0.2, -0.15) is 0 Å². The highest BCUT2D eigenvalue weighted by molar-refractivity contribution is 6.70. The van der Waals surface area contributed by atoms with Crippen LogP contribution in [0.2, 0.25) is 58.9 Å². The van der Waals surface area contributed by atoms with Crippen LogP contribution < -0.4 is 0 Å². The molecule has 0 aromatic heterocycles. The number of esters is 2. The molecule has 3 unspecified atom stereocenters. The van der Waals surface area contributed by atoms with Crippen LogP contribution in [0.5, 0.6) is 0 Å². The number of carbonyl (C=O) groups is 2. The second-order valence-corrected chi connectivity index (χ2v) is 29.6. The minimum atomic E-state index is -2.09. The van der Waals surface area contributed by atoms with Crippen molar-refractivity contribution in [2.24, 2.45) is 28.6 Å². The van der Waals surface area contributed by atoms with Crippen LogP contribution in [0, 0.1) is 28.6 Å². The SMILES string of the molecule is C=C1[C@@H](O[Si](C)(C)C)[C@]23C[C@@]1(O[Si](C)(C)C)CCC2[C@@]12C[C@H](O[Si](C)(C)C)CC(C)(C(=O)O1)C2[C@@H]3C(=O)OC. The fourth-order valence-electron chi connectivity index (χ4n) is 9.68.